The summed E-state index contributed by atoms with van der Waals surface area (Å²) >= 11 is 0. The summed E-state index contributed by atoms with van der Waals surface area (Å²) < 4.78 is 0. The molecule has 9 heteroatoms. The molecule has 2 fully saturated rings. The number of likely N-dealkylation sites (N-methyl/N-ethyl adjacent to an activating group) is 1. The van der Waals surface area contributed by atoms with E-state index >= 15 is 0 Å². The lowest BCUT2D eigenvalue weighted by Gasteiger charge is -2.39. The van der Waals surface area contributed by atoms with Gasteiger partial charge in [-0.15, -0.1) is 0 Å². The highest BCUT2D eigenvalue weighted by Crippen LogP contribution is 2.26. The predicted octanol–water partition coefficient (Wildman–Crippen LogP) is 1.24. The second-order valence-electron chi connectivity index (χ2n) is 10.3. The minimum Gasteiger partial charge on any atom is -0.369 e. The molecule has 2 aromatic carbocycles. The lowest BCUT2D eigenvalue weighted by atomic mass is 9.99. The Morgan fingerprint density at radius 1 is 0.947 bits per heavy atom. The minimum absolute atomic E-state index is 0.0999. The molecule has 6 rings (SSSR count). The number of hydrogen-bond acceptors (Lipinski definition) is 8. The highest BCUT2D eigenvalue weighted by molar-refractivity contribution is 5.90. The van der Waals surface area contributed by atoms with Crippen LogP contribution in [0.5, 0.6) is 0 Å². The molecule has 196 valence electrons. The van der Waals surface area contributed by atoms with Gasteiger partial charge in [-0.2, -0.15) is 9.98 Å². The molecule has 1 aromatic heterocycles. The van der Waals surface area contributed by atoms with Crippen molar-refractivity contribution in [1.82, 2.24) is 25.1 Å². The second kappa shape index (κ2) is 10.6. The van der Waals surface area contributed by atoms with Crippen LogP contribution in [0.1, 0.15) is 17.3 Å². The molecule has 2 atom stereocenters. The van der Waals surface area contributed by atoms with E-state index in [9.17, 15) is 4.79 Å². The average molecular weight is 511 g/mol. The van der Waals surface area contributed by atoms with Gasteiger partial charge in [0, 0.05) is 68.4 Å². The van der Waals surface area contributed by atoms with Gasteiger partial charge >= 0.3 is 0 Å². The van der Waals surface area contributed by atoms with Crippen LogP contribution in [0.25, 0.3) is 6.08 Å². The van der Waals surface area contributed by atoms with Gasteiger partial charge in [0.2, 0.25) is 5.95 Å². The van der Waals surface area contributed by atoms with E-state index in [2.05, 4.69) is 66.6 Å². The first-order valence-electron chi connectivity index (χ1n) is 13.4. The molecule has 2 N–H and O–H groups in total. The highest BCUT2D eigenvalue weighted by Gasteiger charge is 2.34. The van der Waals surface area contributed by atoms with Gasteiger partial charge in [-0.05, 0) is 49.9 Å². The van der Waals surface area contributed by atoms with Crippen molar-refractivity contribution >= 4 is 29.3 Å². The summed E-state index contributed by atoms with van der Waals surface area (Å²) in [4.78, 5) is 34.0. The zero-order valence-corrected chi connectivity index (χ0v) is 22.0. The number of aryl methyl sites for hydroxylation is 1. The molecule has 2 saturated heterocycles. The Bertz CT molecular complexity index is 1420. The number of hydrogen-bond donors (Lipinski definition) is 2. The van der Waals surface area contributed by atoms with Crippen molar-refractivity contribution in [2.24, 2.45) is 4.99 Å². The van der Waals surface area contributed by atoms with Crippen LogP contribution in [0, 0.1) is 6.92 Å². The average Bonchev–Trinajstić information content (AvgIpc) is 2.94. The van der Waals surface area contributed by atoms with Gasteiger partial charge in [0.05, 0.1) is 5.69 Å². The number of amides is 1. The van der Waals surface area contributed by atoms with E-state index in [1.165, 1.54) is 11.3 Å². The Labute approximate surface area is 222 Å². The van der Waals surface area contributed by atoms with E-state index in [-0.39, 0.29) is 11.9 Å². The number of rotatable bonds is 5. The van der Waals surface area contributed by atoms with Gasteiger partial charge in [0.1, 0.15) is 6.04 Å². The van der Waals surface area contributed by atoms with E-state index in [0.717, 1.165) is 62.4 Å². The van der Waals surface area contributed by atoms with Crippen LogP contribution in [0.2, 0.25) is 0 Å². The first kappa shape index (κ1) is 24.7. The highest BCUT2D eigenvalue weighted by atomic mass is 16.1. The Morgan fingerprint density at radius 3 is 2.47 bits per heavy atom. The largest absolute Gasteiger partial charge is 0.369 e. The number of nitrogens with zero attached hydrogens (tertiary/aromatic N) is 6. The molecule has 0 spiro atoms. The SMILES string of the molecule is Cc1nc(Nc2ccc(N3CCN(C)CC3)cc2)nc2c1=CC(N1CCNCC1c1ccccc1)C(=O)N=2. The Kier molecular flexibility index (Phi) is 6.88. The molecule has 38 heavy (non-hydrogen) atoms. The molecule has 0 bridgehead atoms. The molecule has 2 unspecified atom stereocenters. The summed E-state index contributed by atoms with van der Waals surface area (Å²) in [6, 6.07) is 18.3. The molecule has 0 radical (unpaired) electrons. The number of carbonyl (C=O) groups is 1. The van der Waals surface area contributed by atoms with Crippen molar-refractivity contribution in [3.05, 3.63) is 76.6 Å². The standard InChI is InChI=1S/C29H34N8O/c1-20-24-18-25(37-13-12-30-19-26(37)21-6-4-3-5-7-21)28(38)33-27(24)34-29(31-20)32-22-8-10-23(11-9-22)36-16-14-35(2)15-17-36/h3-11,18,25-26,30H,12-17,19H2,1-2H3,(H,32,33,34,38). The number of piperazine rings is 2. The van der Waals surface area contributed by atoms with Crippen LogP contribution in [0.15, 0.2) is 59.6 Å². The molecule has 3 aliphatic rings. The lowest BCUT2D eigenvalue weighted by Crippen LogP contribution is -2.54. The van der Waals surface area contributed by atoms with Gasteiger partial charge in [0.25, 0.3) is 5.91 Å². The molecule has 4 heterocycles. The molecule has 0 aliphatic carbocycles. The molecular formula is C29H34N8O. The topological polar surface area (TPSA) is 89.0 Å². The van der Waals surface area contributed by atoms with Crippen LogP contribution < -0.4 is 26.2 Å². The molecule has 1 amide bonds. The van der Waals surface area contributed by atoms with Crippen molar-refractivity contribution in [1.29, 1.82) is 0 Å². The third-order valence-electron chi connectivity index (χ3n) is 7.73. The van der Waals surface area contributed by atoms with E-state index in [1.54, 1.807) is 0 Å². The summed E-state index contributed by atoms with van der Waals surface area (Å²) in [6.07, 6.45) is 2.00. The monoisotopic (exact) mass is 510 g/mol. The quantitative estimate of drug-likeness (QED) is 0.530. The van der Waals surface area contributed by atoms with Gasteiger partial charge in [-0.1, -0.05) is 30.3 Å². The minimum atomic E-state index is -0.432. The molecule has 9 nitrogen and oxygen atoms in total. The molecule has 3 aliphatic heterocycles. The maximum Gasteiger partial charge on any atom is 0.269 e. The summed E-state index contributed by atoms with van der Waals surface area (Å²) in [5.74, 6) is 0.266. The second-order valence-corrected chi connectivity index (χ2v) is 10.3. The smallest absolute Gasteiger partial charge is 0.269 e. The summed E-state index contributed by atoms with van der Waals surface area (Å²) in [5.41, 5.74) is 4.55. The lowest BCUT2D eigenvalue weighted by molar-refractivity contribution is -0.122. The fourth-order valence-corrected chi connectivity index (χ4v) is 5.53. The van der Waals surface area contributed by atoms with E-state index in [1.807, 2.05) is 43.3 Å². The van der Waals surface area contributed by atoms with Crippen LogP contribution in [-0.4, -0.2) is 84.6 Å². The fourth-order valence-electron chi connectivity index (χ4n) is 5.53. The number of aromatic nitrogens is 2. The predicted molar refractivity (Wildman–Crippen MR) is 149 cm³/mol. The normalized spacial score (nSPS) is 22.4. The Hall–Kier alpha value is -3.66. The van der Waals surface area contributed by atoms with Gasteiger partial charge in [-0.3, -0.25) is 9.69 Å². The van der Waals surface area contributed by atoms with Crippen LogP contribution in [0.3, 0.4) is 0 Å². The first-order chi connectivity index (χ1) is 18.5. The van der Waals surface area contributed by atoms with Crippen LogP contribution in [0.4, 0.5) is 17.3 Å². The zero-order chi connectivity index (χ0) is 26.1. The maximum atomic E-state index is 13.3. The van der Waals surface area contributed by atoms with Crippen LogP contribution >= 0.6 is 0 Å². The van der Waals surface area contributed by atoms with Crippen LogP contribution in [-0.2, 0) is 4.79 Å². The Morgan fingerprint density at radius 2 is 1.71 bits per heavy atom. The van der Waals surface area contributed by atoms with E-state index < -0.39 is 6.04 Å². The number of benzene rings is 2. The number of fused-ring (bicyclic) bond motifs is 1. The van der Waals surface area contributed by atoms with Gasteiger partial charge in [-0.25, -0.2) is 4.98 Å². The molecule has 3 aromatic rings. The third kappa shape index (κ3) is 5.05. The summed E-state index contributed by atoms with van der Waals surface area (Å²) in [5, 5.41) is 7.59. The fraction of sp³-hybridized carbons (Fsp3) is 0.379. The van der Waals surface area contributed by atoms with Crippen molar-refractivity contribution in [3.63, 3.8) is 0 Å². The number of anilines is 3. The molecule has 0 saturated carbocycles. The molecular weight excluding hydrogens is 476 g/mol. The van der Waals surface area contributed by atoms with Gasteiger partial charge in [0.15, 0.2) is 5.49 Å². The van der Waals surface area contributed by atoms with E-state index in [0.29, 0.717) is 11.4 Å². The maximum absolute atomic E-state index is 13.3. The number of nitrogens with one attached hydrogen (secondary N) is 2. The summed E-state index contributed by atoms with van der Waals surface area (Å²) in [7, 11) is 2.16. The van der Waals surface area contributed by atoms with Crippen molar-refractivity contribution in [3.8, 4) is 0 Å². The van der Waals surface area contributed by atoms with Crippen molar-refractivity contribution < 1.29 is 4.79 Å². The Balaban J connectivity index is 1.23. The third-order valence-corrected chi connectivity index (χ3v) is 7.73. The first-order valence-corrected chi connectivity index (χ1v) is 13.4. The van der Waals surface area contributed by atoms with Crippen molar-refractivity contribution in [2.45, 2.75) is 19.0 Å². The van der Waals surface area contributed by atoms with Crippen molar-refractivity contribution in [2.75, 3.05) is 63.1 Å². The zero-order valence-electron chi connectivity index (χ0n) is 22.0. The van der Waals surface area contributed by atoms with E-state index in [4.69, 9.17) is 4.98 Å². The van der Waals surface area contributed by atoms with Gasteiger partial charge < -0.3 is 20.4 Å². The number of carbonyl (C=O) groups excluding carboxylic acids is 1. The summed E-state index contributed by atoms with van der Waals surface area (Å²) in [6.45, 7) is 8.55.